The Labute approximate surface area is 114 Å². The van der Waals surface area contributed by atoms with E-state index in [9.17, 15) is 0 Å². The number of methoxy groups -OCH3 is 1. The van der Waals surface area contributed by atoms with Crippen LogP contribution < -0.4 is 23.6 Å². The van der Waals surface area contributed by atoms with Gasteiger partial charge in [-0.2, -0.15) is 5.92 Å². The number of hydrogen-bond acceptors (Lipinski definition) is 1. The first-order valence-corrected chi connectivity index (χ1v) is 5.01. The number of hydrogen-bond donors (Lipinski definition) is 0. The van der Waals surface area contributed by atoms with Gasteiger partial charge in [-0.05, 0) is 24.3 Å². The molecule has 17 heavy (non-hydrogen) atoms. The molecule has 0 spiro atoms. The van der Waals surface area contributed by atoms with Crippen LogP contribution >= 0.6 is 0 Å². The van der Waals surface area contributed by atoms with Gasteiger partial charge in [0, 0.05) is 5.56 Å². The van der Waals surface area contributed by atoms with E-state index in [4.69, 9.17) is 4.74 Å². The first kappa shape index (κ1) is 13.5. The summed E-state index contributed by atoms with van der Waals surface area (Å²) in [6, 6.07) is 18.4. The third-order valence-electron chi connectivity index (χ3n) is 2.14. The van der Waals surface area contributed by atoms with Crippen LogP contribution in [-0.4, -0.2) is 7.11 Å². The minimum absolute atomic E-state index is 0. The van der Waals surface area contributed by atoms with Crippen LogP contribution in [0.25, 0.3) is 0 Å². The molecule has 78 valence electrons. The van der Waals surface area contributed by atoms with Crippen molar-refractivity contribution in [1.29, 1.82) is 0 Å². The second-order valence-electron chi connectivity index (χ2n) is 3.25. The van der Waals surface area contributed by atoms with Gasteiger partial charge in [-0.3, -0.25) is 0 Å². The quantitative estimate of drug-likeness (QED) is 0.366. The molecule has 0 bridgehead atoms. The maximum absolute atomic E-state index is 5.08. The molecule has 2 rings (SSSR count). The van der Waals surface area contributed by atoms with Gasteiger partial charge in [0.15, 0.2) is 0 Å². The van der Waals surface area contributed by atoms with Gasteiger partial charge in [-0.1, -0.05) is 0 Å². The summed E-state index contributed by atoms with van der Waals surface area (Å²) >= 11 is 0. The molecule has 0 atom stereocenters. The molecule has 2 aromatic rings. The molecule has 0 aliphatic carbocycles. The first-order chi connectivity index (χ1) is 7.88. The van der Waals surface area contributed by atoms with Crippen molar-refractivity contribution < 1.29 is 23.6 Å². The fourth-order valence-corrected chi connectivity index (χ4v) is 1.28. The van der Waals surface area contributed by atoms with Gasteiger partial charge in [0.05, 0.1) is 7.11 Å². The molecule has 0 amide bonds. The number of rotatable bonds is 1. The molecule has 0 fully saturated rings. The Morgan fingerprint density at radius 1 is 1.00 bits per heavy atom. The molecule has 0 unspecified atom stereocenters. The van der Waals surface area contributed by atoms with Crippen LogP contribution in [0.1, 0.15) is 11.1 Å². The summed E-state index contributed by atoms with van der Waals surface area (Å²) in [4.78, 5) is 0. The van der Waals surface area contributed by atoms with E-state index in [1.165, 1.54) is 0 Å². The average molecular weight is 214 g/mol. The van der Waals surface area contributed by atoms with E-state index in [1.807, 2.05) is 48.5 Å². The first-order valence-electron chi connectivity index (χ1n) is 5.01. The second kappa shape index (κ2) is 6.87. The second-order valence-corrected chi connectivity index (χ2v) is 3.25. The summed E-state index contributed by atoms with van der Waals surface area (Å²) in [5, 5.41) is 0. The van der Waals surface area contributed by atoms with Crippen LogP contribution in [0.15, 0.2) is 48.5 Å². The third kappa shape index (κ3) is 4.04. The van der Waals surface area contributed by atoms with Crippen LogP contribution in [0.2, 0.25) is 0 Å². The molecule has 0 heterocycles. The molecular formula is C15H11LiO. The van der Waals surface area contributed by atoms with Gasteiger partial charge in [-0.15, -0.1) is 41.8 Å². The Kier molecular flexibility index (Phi) is 5.44. The van der Waals surface area contributed by atoms with Crippen LogP contribution in [0.3, 0.4) is 0 Å². The standard InChI is InChI=1S/C15H11O.Li/c1-16-15-11-9-14(10-12-15)8-7-13-5-3-2-4-6-13;/h2-5,9-12H,1H3;/q-1;+1. The van der Waals surface area contributed by atoms with Gasteiger partial charge in [0.2, 0.25) is 0 Å². The van der Waals surface area contributed by atoms with E-state index >= 15 is 0 Å². The molecule has 0 aliphatic heterocycles. The zero-order valence-corrected chi connectivity index (χ0v) is 10.0. The van der Waals surface area contributed by atoms with E-state index in [1.54, 1.807) is 7.11 Å². The largest absolute Gasteiger partial charge is 1.00 e. The van der Waals surface area contributed by atoms with E-state index in [-0.39, 0.29) is 18.9 Å². The van der Waals surface area contributed by atoms with Gasteiger partial charge >= 0.3 is 18.9 Å². The molecule has 1 nitrogen and oxygen atoms in total. The smallest absolute Gasteiger partial charge is 0.497 e. The topological polar surface area (TPSA) is 9.23 Å². The van der Waals surface area contributed by atoms with Crippen molar-refractivity contribution >= 4 is 0 Å². The molecule has 0 saturated carbocycles. The minimum atomic E-state index is 0. The number of ether oxygens (including phenoxy) is 1. The SMILES string of the molecule is COc1ccc(C#Cc2[c-]cccc2)cc1.[Li+]. The fourth-order valence-electron chi connectivity index (χ4n) is 1.28. The van der Waals surface area contributed by atoms with E-state index < -0.39 is 0 Å². The van der Waals surface area contributed by atoms with Gasteiger partial charge in [0.1, 0.15) is 5.75 Å². The maximum Gasteiger partial charge on any atom is 1.00 e. The monoisotopic (exact) mass is 214 g/mol. The summed E-state index contributed by atoms with van der Waals surface area (Å²) in [7, 11) is 1.65. The fraction of sp³-hybridized carbons (Fsp3) is 0.0667. The van der Waals surface area contributed by atoms with Crippen LogP contribution in [0.5, 0.6) is 5.75 Å². The van der Waals surface area contributed by atoms with Crippen LogP contribution in [0.4, 0.5) is 0 Å². The van der Waals surface area contributed by atoms with E-state index in [0.29, 0.717) is 0 Å². The molecule has 0 radical (unpaired) electrons. The molecule has 0 aliphatic rings. The molecule has 0 N–H and O–H groups in total. The molecule has 0 aromatic heterocycles. The van der Waals surface area contributed by atoms with Crippen molar-refractivity contribution in [1.82, 2.24) is 0 Å². The Morgan fingerprint density at radius 2 is 1.76 bits per heavy atom. The molecular weight excluding hydrogens is 203 g/mol. The predicted molar refractivity (Wildman–Crippen MR) is 64.3 cm³/mol. The Morgan fingerprint density at radius 3 is 2.35 bits per heavy atom. The van der Waals surface area contributed by atoms with E-state index in [0.717, 1.165) is 16.9 Å². The summed E-state index contributed by atoms with van der Waals surface area (Å²) in [6.45, 7) is 0. The van der Waals surface area contributed by atoms with Crippen LogP contribution in [-0.2, 0) is 0 Å². The molecule has 2 aromatic carbocycles. The van der Waals surface area contributed by atoms with Crippen LogP contribution in [0, 0.1) is 17.9 Å². The predicted octanol–water partition coefficient (Wildman–Crippen LogP) is -0.101. The normalized spacial score (nSPS) is 8.53. The van der Waals surface area contributed by atoms with Crippen molar-refractivity contribution in [2.75, 3.05) is 7.11 Å². The average Bonchev–Trinajstić information content (AvgIpc) is 2.38. The number of benzene rings is 2. The summed E-state index contributed by atoms with van der Waals surface area (Å²) in [5.41, 5.74) is 1.87. The van der Waals surface area contributed by atoms with Gasteiger partial charge in [0.25, 0.3) is 0 Å². The summed E-state index contributed by atoms with van der Waals surface area (Å²) < 4.78 is 5.08. The Hall–Kier alpha value is -1.60. The molecule has 0 saturated heterocycles. The van der Waals surface area contributed by atoms with Crippen molar-refractivity contribution in [3.05, 3.63) is 65.7 Å². The summed E-state index contributed by atoms with van der Waals surface area (Å²) in [5.74, 6) is 6.97. The maximum atomic E-state index is 5.08. The summed E-state index contributed by atoms with van der Waals surface area (Å²) in [6.07, 6.45) is 0. The molecule has 2 heteroatoms. The Balaban J connectivity index is 0.00000144. The zero-order valence-electron chi connectivity index (χ0n) is 10.0. The van der Waals surface area contributed by atoms with E-state index in [2.05, 4.69) is 17.9 Å². The minimum Gasteiger partial charge on any atom is -0.497 e. The Bertz CT molecular complexity index is 506. The van der Waals surface area contributed by atoms with Crippen molar-refractivity contribution in [3.63, 3.8) is 0 Å². The van der Waals surface area contributed by atoms with Crippen molar-refractivity contribution in [2.24, 2.45) is 0 Å². The van der Waals surface area contributed by atoms with Crippen molar-refractivity contribution in [2.45, 2.75) is 0 Å². The zero-order chi connectivity index (χ0) is 11.2. The third-order valence-corrected chi connectivity index (χ3v) is 2.14. The van der Waals surface area contributed by atoms with Crippen molar-refractivity contribution in [3.8, 4) is 17.6 Å². The van der Waals surface area contributed by atoms with Gasteiger partial charge < -0.3 is 4.74 Å². The van der Waals surface area contributed by atoms with Gasteiger partial charge in [-0.25, -0.2) is 0 Å².